The summed E-state index contributed by atoms with van der Waals surface area (Å²) in [5.41, 5.74) is 3.82. The number of hydrogen-bond acceptors (Lipinski definition) is 9. The van der Waals surface area contributed by atoms with Gasteiger partial charge in [0.1, 0.15) is 11.5 Å². The summed E-state index contributed by atoms with van der Waals surface area (Å²) in [6, 6.07) is 5.58. The second-order valence-electron chi connectivity index (χ2n) is 7.16. The Morgan fingerprint density at radius 3 is 1.83 bits per heavy atom. The van der Waals surface area contributed by atoms with Crippen LogP contribution in [0.1, 0.15) is 31.2 Å². The van der Waals surface area contributed by atoms with E-state index in [1.807, 2.05) is 18.2 Å². The molecule has 9 nitrogen and oxygen atoms in total. The van der Waals surface area contributed by atoms with Crippen molar-refractivity contribution in [1.29, 1.82) is 0 Å². The Bertz CT molecular complexity index is 805. The Balaban J connectivity index is 1.55. The second-order valence-corrected chi connectivity index (χ2v) is 7.16. The maximum Gasteiger partial charge on any atom is 0.250 e. The summed E-state index contributed by atoms with van der Waals surface area (Å²) >= 11 is 0. The fourth-order valence-corrected chi connectivity index (χ4v) is 3.59. The molecule has 2 fully saturated rings. The molecule has 0 unspecified atom stereocenters. The molecule has 29 heavy (non-hydrogen) atoms. The molecule has 1 N–H and O–H groups in total. The third kappa shape index (κ3) is 4.67. The fraction of sp³-hybridized carbons (Fsp3) is 0.500. The molecule has 4 rings (SSSR count). The number of methoxy groups -OCH3 is 2. The Morgan fingerprint density at radius 2 is 1.34 bits per heavy atom. The van der Waals surface area contributed by atoms with Gasteiger partial charge in [-0.3, -0.25) is 0 Å². The monoisotopic (exact) mass is 397 g/mol. The topological polar surface area (TPSA) is 88.0 Å². The molecule has 154 valence electrons. The van der Waals surface area contributed by atoms with Gasteiger partial charge in [0.15, 0.2) is 0 Å². The lowest BCUT2D eigenvalue weighted by molar-refractivity contribution is 0.394. The number of benzene rings is 1. The Labute approximate surface area is 170 Å². The van der Waals surface area contributed by atoms with Crippen molar-refractivity contribution in [3.05, 3.63) is 23.8 Å². The van der Waals surface area contributed by atoms with E-state index in [9.17, 15) is 0 Å². The van der Waals surface area contributed by atoms with Crippen LogP contribution in [0.15, 0.2) is 23.3 Å². The van der Waals surface area contributed by atoms with E-state index in [-0.39, 0.29) is 0 Å². The van der Waals surface area contributed by atoms with Gasteiger partial charge in [-0.05, 0) is 37.8 Å². The highest BCUT2D eigenvalue weighted by molar-refractivity contribution is 5.81. The van der Waals surface area contributed by atoms with E-state index in [2.05, 4.69) is 30.3 Å². The van der Waals surface area contributed by atoms with E-state index >= 15 is 0 Å². The molecule has 2 aliphatic heterocycles. The van der Waals surface area contributed by atoms with Crippen molar-refractivity contribution in [2.45, 2.75) is 25.7 Å². The normalized spacial score (nSPS) is 16.6. The van der Waals surface area contributed by atoms with Gasteiger partial charge in [-0.2, -0.15) is 20.1 Å². The summed E-state index contributed by atoms with van der Waals surface area (Å²) < 4.78 is 10.6. The van der Waals surface area contributed by atoms with E-state index in [0.29, 0.717) is 17.4 Å². The molecule has 9 heteroatoms. The number of nitrogens with zero attached hydrogens (tertiary/aromatic N) is 6. The van der Waals surface area contributed by atoms with Gasteiger partial charge in [-0.15, -0.1) is 0 Å². The molecule has 0 amide bonds. The highest BCUT2D eigenvalue weighted by Crippen LogP contribution is 2.23. The maximum absolute atomic E-state index is 5.30. The van der Waals surface area contributed by atoms with Crippen LogP contribution in [0.25, 0.3) is 0 Å². The van der Waals surface area contributed by atoms with Crippen molar-refractivity contribution in [3.63, 3.8) is 0 Å². The summed E-state index contributed by atoms with van der Waals surface area (Å²) in [4.78, 5) is 18.3. The van der Waals surface area contributed by atoms with Crippen LogP contribution in [0, 0.1) is 0 Å². The second kappa shape index (κ2) is 8.93. The van der Waals surface area contributed by atoms with Crippen molar-refractivity contribution in [3.8, 4) is 11.5 Å². The molecule has 1 aromatic carbocycles. The first-order valence-corrected chi connectivity index (χ1v) is 10.0. The van der Waals surface area contributed by atoms with Gasteiger partial charge in [-0.1, -0.05) is 0 Å². The lowest BCUT2D eigenvalue weighted by atomic mass is 10.2. The van der Waals surface area contributed by atoms with E-state index < -0.39 is 0 Å². The standard InChI is InChI=1S/C20H27N7O2/c1-28-16-11-15(12-17(13-16)29-2)14-21-25-18-22-19(26-7-3-4-8-26)24-20(23-18)27-9-5-6-10-27/h11-14H,3-10H2,1-2H3,(H,22,23,24,25)/b21-14-. The van der Waals surface area contributed by atoms with Crippen molar-refractivity contribution in [1.82, 2.24) is 15.0 Å². The Morgan fingerprint density at radius 1 is 0.828 bits per heavy atom. The quantitative estimate of drug-likeness (QED) is 0.563. The zero-order valence-corrected chi connectivity index (χ0v) is 17.0. The van der Waals surface area contributed by atoms with Gasteiger partial charge in [-0.25, -0.2) is 5.43 Å². The zero-order chi connectivity index (χ0) is 20.1. The van der Waals surface area contributed by atoms with E-state index in [1.54, 1.807) is 20.4 Å². The zero-order valence-electron chi connectivity index (χ0n) is 17.0. The first kappa shape index (κ1) is 19.2. The van der Waals surface area contributed by atoms with Crippen LogP contribution in [0.3, 0.4) is 0 Å². The molecule has 1 aromatic heterocycles. The van der Waals surface area contributed by atoms with Crippen LogP contribution >= 0.6 is 0 Å². The molecule has 3 heterocycles. The minimum atomic E-state index is 0.454. The van der Waals surface area contributed by atoms with Crippen molar-refractivity contribution in [2.24, 2.45) is 5.10 Å². The Kier molecular flexibility index (Phi) is 5.92. The van der Waals surface area contributed by atoms with E-state index in [4.69, 9.17) is 14.5 Å². The minimum absolute atomic E-state index is 0.454. The van der Waals surface area contributed by atoms with Gasteiger partial charge in [0.05, 0.1) is 20.4 Å². The largest absolute Gasteiger partial charge is 0.497 e. The van der Waals surface area contributed by atoms with Gasteiger partial charge >= 0.3 is 0 Å². The predicted molar refractivity (Wildman–Crippen MR) is 113 cm³/mol. The molecule has 0 atom stereocenters. The molecule has 2 saturated heterocycles. The summed E-state index contributed by atoms with van der Waals surface area (Å²) in [5.74, 6) is 3.31. The average Bonchev–Trinajstić information content (AvgIpc) is 3.47. The van der Waals surface area contributed by atoms with Crippen molar-refractivity contribution in [2.75, 3.05) is 55.6 Å². The molecule has 0 aliphatic carbocycles. The third-order valence-electron chi connectivity index (χ3n) is 5.14. The number of ether oxygens (including phenoxy) is 2. The van der Waals surface area contributed by atoms with Gasteiger partial charge < -0.3 is 19.3 Å². The van der Waals surface area contributed by atoms with Gasteiger partial charge in [0, 0.05) is 37.8 Å². The number of anilines is 3. The molecular formula is C20H27N7O2. The summed E-state index contributed by atoms with van der Waals surface area (Å²) in [6.45, 7) is 3.93. The van der Waals surface area contributed by atoms with Crippen LogP contribution in [0.5, 0.6) is 11.5 Å². The van der Waals surface area contributed by atoms with Crippen LogP contribution in [0.4, 0.5) is 17.8 Å². The van der Waals surface area contributed by atoms with Crippen LogP contribution < -0.4 is 24.7 Å². The van der Waals surface area contributed by atoms with E-state index in [1.165, 1.54) is 25.7 Å². The number of hydrogen-bond donors (Lipinski definition) is 1. The number of rotatable bonds is 7. The number of aromatic nitrogens is 3. The third-order valence-corrected chi connectivity index (χ3v) is 5.14. The summed E-state index contributed by atoms with van der Waals surface area (Å²) in [7, 11) is 3.25. The molecule has 2 aromatic rings. The smallest absolute Gasteiger partial charge is 0.250 e. The molecule has 0 bridgehead atoms. The number of nitrogens with one attached hydrogen (secondary N) is 1. The molecule has 2 aliphatic rings. The maximum atomic E-state index is 5.30. The van der Waals surface area contributed by atoms with Crippen molar-refractivity contribution < 1.29 is 9.47 Å². The highest BCUT2D eigenvalue weighted by atomic mass is 16.5. The highest BCUT2D eigenvalue weighted by Gasteiger charge is 2.21. The lowest BCUT2D eigenvalue weighted by Gasteiger charge is -2.20. The minimum Gasteiger partial charge on any atom is -0.497 e. The summed E-state index contributed by atoms with van der Waals surface area (Å²) in [5, 5.41) is 4.32. The molecule has 0 spiro atoms. The summed E-state index contributed by atoms with van der Waals surface area (Å²) in [6.07, 6.45) is 6.37. The predicted octanol–water partition coefficient (Wildman–Crippen LogP) is 2.54. The van der Waals surface area contributed by atoms with Gasteiger partial charge in [0.25, 0.3) is 0 Å². The van der Waals surface area contributed by atoms with Crippen LogP contribution in [-0.2, 0) is 0 Å². The average molecular weight is 397 g/mol. The van der Waals surface area contributed by atoms with Crippen molar-refractivity contribution >= 4 is 24.1 Å². The van der Waals surface area contributed by atoms with Crippen LogP contribution in [0.2, 0.25) is 0 Å². The van der Waals surface area contributed by atoms with Gasteiger partial charge in [0.2, 0.25) is 17.8 Å². The lowest BCUT2D eigenvalue weighted by Crippen LogP contribution is -2.25. The van der Waals surface area contributed by atoms with E-state index in [0.717, 1.165) is 43.6 Å². The molecular weight excluding hydrogens is 370 g/mol. The first-order valence-electron chi connectivity index (χ1n) is 10.0. The molecule has 0 saturated carbocycles. The first-order chi connectivity index (χ1) is 14.2. The SMILES string of the molecule is COc1cc(/C=N\Nc2nc(N3CCCC3)nc(N3CCCC3)n2)cc(OC)c1. The van der Waals surface area contributed by atoms with Crippen LogP contribution in [-0.4, -0.2) is 61.6 Å². The Hall–Kier alpha value is -3.10. The number of hydrazone groups is 1. The molecule has 0 radical (unpaired) electrons. The fourth-order valence-electron chi connectivity index (χ4n) is 3.59.